The van der Waals surface area contributed by atoms with Crippen molar-refractivity contribution >= 4 is 16.7 Å². The molecule has 1 aliphatic heterocycles. The van der Waals surface area contributed by atoms with Gasteiger partial charge < -0.3 is 14.8 Å². The molecule has 0 bridgehead atoms. The minimum Gasteiger partial charge on any atom is -0.490 e. The minimum atomic E-state index is 0.569. The monoisotopic (exact) mass is 384 g/mol. The Morgan fingerprint density at radius 2 is 1.83 bits per heavy atom. The van der Waals surface area contributed by atoms with Crippen LogP contribution in [0.4, 0.5) is 5.82 Å². The van der Waals surface area contributed by atoms with E-state index in [1.165, 1.54) is 0 Å². The van der Waals surface area contributed by atoms with Crippen LogP contribution in [0.15, 0.2) is 67.0 Å². The standard InChI is InChI=1S/C23H20N4O2/c1-2-9-19-18(8-1)23(27-22(26-19)17-7-4-11-24-14-17)25-15-16-6-3-10-20-21(16)29-13-5-12-28-20/h1-4,6-11,14H,5,12-13,15H2,(H,25,26,27). The predicted molar refractivity (Wildman–Crippen MR) is 112 cm³/mol. The molecule has 0 saturated carbocycles. The summed E-state index contributed by atoms with van der Waals surface area (Å²) in [5.74, 6) is 3.03. The zero-order valence-electron chi connectivity index (χ0n) is 15.8. The fourth-order valence-electron chi connectivity index (χ4n) is 3.41. The maximum atomic E-state index is 5.94. The first kappa shape index (κ1) is 17.4. The molecule has 0 fully saturated rings. The highest BCUT2D eigenvalue weighted by Crippen LogP contribution is 2.34. The number of nitrogens with zero attached hydrogens (tertiary/aromatic N) is 3. The van der Waals surface area contributed by atoms with Crippen molar-refractivity contribution in [1.82, 2.24) is 15.0 Å². The van der Waals surface area contributed by atoms with Crippen LogP contribution in [0.5, 0.6) is 11.5 Å². The quantitative estimate of drug-likeness (QED) is 0.560. The number of aromatic nitrogens is 3. The van der Waals surface area contributed by atoms with E-state index >= 15 is 0 Å². The average molecular weight is 384 g/mol. The van der Waals surface area contributed by atoms with E-state index in [1.54, 1.807) is 12.4 Å². The number of ether oxygens (including phenoxy) is 2. The smallest absolute Gasteiger partial charge is 0.166 e. The Hall–Kier alpha value is -3.67. The van der Waals surface area contributed by atoms with Gasteiger partial charge in [0.1, 0.15) is 5.82 Å². The Balaban J connectivity index is 1.51. The summed E-state index contributed by atoms with van der Waals surface area (Å²) in [6, 6.07) is 17.8. The number of benzene rings is 2. The summed E-state index contributed by atoms with van der Waals surface area (Å²) in [5, 5.41) is 4.45. The second-order valence-electron chi connectivity index (χ2n) is 6.80. The molecule has 0 amide bonds. The van der Waals surface area contributed by atoms with Crippen molar-refractivity contribution in [2.24, 2.45) is 0 Å². The lowest BCUT2D eigenvalue weighted by atomic mass is 10.1. The largest absolute Gasteiger partial charge is 0.490 e. The van der Waals surface area contributed by atoms with Crippen LogP contribution in [0.2, 0.25) is 0 Å². The topological polar surface area (TPSA) is 69.2 Å². The summed E-state index contributed by atoms with van der Waals surface area (Å²) in [6.45, 7) is 1.90. The molecule has 6 heteroatoms. The van der Waals surface area contributed by atoms with E-state index in [9.17, 15) is 0 Å². The Morgan fingerprint density at radius 3 is 2.76 bits per heavy atom. The van der Waals surface area contributed by atoms with Gasteiger partial charge >= 0.3 is 0 Å². The number of nitrogens with one attached hydrogen (secondary N) is 1. The lowest BCUT2D eigenvalue weighted by molar-refractivity contribution is 0.296. The third-order valence-electron chi connectivity index (χ3n) is 4.82. The van der Waals surface area contributed by atoms with Crippen molar-refractivity contribution in [1.29, 1.82) is 0 Å². The maximum absolute atomic E-state index is 5.94. The summed E-state index contributed by atoms with van der Waals surface area (Å²) < 4.78 is 11.7. The van der Waals surface area contributed by atoms with Crippen molar-refractivity contribution in [3.05, 3.63) is 72.6 Å². The number of anilines is 1. The lowest BCUT2D eigenvalue weighted by Gasteiger charge is -2.15. The number of fused-ring (bicyclic) bond motifs is 2. The number of hydrogen-bond acceptors (Lipinski definition) is 6. The average Bonchev–Trinajstić information content (AvgIpc) is 3.04. The normalized spacial score (nSPS) is 13.1. The number of hydrogen-bond donors (Lipinski definition) is 1. The lowest BCUT2D eigenvalue weighted by Crippen LogP contribution is -2.06. The van der Waals surface area contributed by atoms with Gasteiger partial charge in [-0.15, -0.1) is 0 Å². The SMILES string of the molecule is c1cncc(-c2nc(NCc3cccc4c3OCCCO4)c3ccccc3n2)c1. The van der Waals surface area contributed by atoms with Gasteiger partial charge in [-0.2, -0.15) is 0 Å². The minimum absolute atomic E-state index is 0.569. The molecular formula is C23H20N4O2. The van der Waals surface area contributed by atoms with Gasteiger partial charge in [-0.3, -0.25) is 4.98 Å². The van der Waals surface area contributed by atoms with E-state index in [1.807, 2.05) is 54.6 Å². The molecule has 0 atom stereocenters. The van der Waals surface area contributed by atoms with Gasteiger partial charge in [-0.1, -0.05) is 24.3 Å². The molecule has 29 heavy (non-hydrogen) atoms. The van der Waals surface area contributed by atoms with Crippen LogP contribution in [0.25, 0.3) is 22.3 Å². The van der Waals surface area contributed by atoms with Gasteiger partial charge in [0.05, 0.1) is 18.7 Å². The van der Waals surface area contributed by atoms with Gasteiger partial charge in [0.2, 0.25) is 0 Å². The van der Waals surface area contributed by atoms with E-state index in [0.717, 1.165) is 45.8 Å². The summed E-state index contributed by atoms with van der Waals surface area (Å²) >= 11 is 0. The fourth-order valence-corrected chi connectivity index (χ4v) is 3.41. The molecule has 4 aromatic rings. The van der Waals surface area contributed by atoms with Crippen LogP contribution in [-0.2, 0) is 6.54 Å². The van der Waals surface area contributed by atoms with Crippen LogP contribution in [0, 0.1) is 0 Å². The number of rotatable bonds is 4. The molecule has 0 aliphatic carbocycles. The van der Waals surface area contributed by atoms with Crippen LogP contribution in [0.3, 0.4) is 0 Å². The Kier molecular flexibility index (Phi) is 4.66. The zero-order valence-corrected chi connectivity index (χ0v) is 15.8. The molecule has 144 valence electrons. The van der Waals surface area contributed by atoms with Crippen molar-refractivity contribution < 1.29 is 9.47 Å². The molecule has 0 saturated heterocycles. The first-order chi connectivity index (χ1) is 14.4. The van der Waals surface area contributed by atoms with Crippen LogP contribution in [0.1, 0.15) is 12.0 Å². The summed E-state index contributed by atoms with van der Waals surface area (Å²) in [4.78, 5) is 13.7. The number of pyridine rings is 1. The highest BCUT2D eigenvalue weighted by Gasteiger charge is 2.15. The molecule has 5 rings (SSSR count). The van der Waals surface area contributed by atoms with Crippen LogP contribution in [-0.4, -0.2) is 28.2 Å². The highest BCUT2D eigenvalue weighted by atomic mass is 16.5. The van der Waals surface area contributed by atoms with Crippen molar-refractivity contribution in [2.75, 3.05) is 18.5 Å². The van der Waals surface area contributed by atoms with E-state index < -0.39 is 0 Å². The van der Waals surface area contributed by atoms with Crippen molar-refractivity contribution in [2.45, 2.75) is 13.0 Å². The van der Waals surface area contributed by atoms with Crippen LogP contribution >= 0.6 is 0 Å². The van der Waals surface area contributed by atoms with E-state index in [2.05, 4.69) is 10.3 Å². The zero-order chi connectivity index (χ0) is 19.5. The second kappa shape index (κ2) is 7.75. The van der Waals surface area contributed by atoms with Gasteiger partial charge in [0, 0.05) is 41.9 Å². The third kappa shape index (κ3) is 3.57. The van der Waals surface area contributed by atoms with Crippen molar-refractivity contribution in [3.8, 4) is 22.9 Å². The fraction of sp³-hybridized carbons (Fsp3) is 0.174. The summed E-state index contributed by atoms with van der Waals surface area (Å²) in [7, 11) is 0. The molecule has 2 aromatic carbocycles. The molecule has 1 aliphatic rings. The molecule has 1 N–H and O–H groups in total. The molecule has 2 aromatic heterocycles. The van der Waals surface area contributed by atoms with Gasteiger partial charge in [-0.05, 0) is 30.3 Å². The summed E-state index contributed by atoms with van der Waals surface area (Å²) in [5.41, 5.74) is 2.80. The van der Waals surface area contributed by atoms with E-state index in [0.29, 0.717) is 25.6 Å². The molecular weight excluding hydrogens is 364 g/mol. The van der Waals surface area contributed by atoms with E-state index in [-0.39, 0.29) is 0 Å². The van der Waals surface area contributed by atoms with Gasteiger partial charge in [-0.25, -0.2) is 9.97 Å². The molecule has 0 spiro atoms. The van der Waals surface area contributed by atoms with Crippen LogP contribution < -0.4 is 14.8 Å². The molecule has 0 radical (unpaired) electrons. The Labute approximate surface area is 168 Å². The molecule has 3 heterocycles. The molecule has 0 unspecified atom stereocenters. The maximum Gasteiger partial charge on any atom is 0.166 e. The highest BCUT2D eigenvalue weighted by molar-refractivity contribution is 5.90. The third-order valence-corrected chi connectivity index (χ3v) is 4.82. The Bertz CT molecular complexity index is 1150. The van der Waals surface area contributed by atoms with E-state index in [4.69, 9.17) is 19.4 Å². The first-order valence-electron chi connectivity index (χ1n) is 9.67. The first-order valence-corrected chi connectivity index (χ1v) is 9.67. The van der Waals surface area contributed by atoms with Gasteiger partial charge in [0.15, 0.2) is 17.3 Å². The number of para-hydroxylation sites is 2. The molecule has 6 nitrogen and oxygen atoms in total. The Morgan fingerprint density at radius 1 is 0.897 bits per heavy atom. The van der Waals surface area contributed by atoms with Crippen molar-refractivity contribution in [3.63, 3.8) is 0 Å². The second-order valence-corrected chi connectivity index (χ2v) is 6.80. The van der Waals surface area contributed by atoms with Gasteiger partial charge in [0.25, 0.3) is 0 Å². The summed E-state index contributed by atoms with van der Waals surface area (Å²) in [6.07, 6.45) is 4.40. The predicted octanol–water partition coefficient (Wildman–Crippen LogP) is 4.47.